The standard InChI is InChI=1S/C12H15N3O/c1-10(16)11-4-7-15(9-11)8-5-12-3-6-13-14(12)2/h3-4,6-7,9H,5,8H2,1-2H3. The van der Waals surface area contributed by atoms with E-state index in [1.165, 1.54) is 5.69 Å². The van der Waals surface area contributed by atoms with Gasteiger partial charge in [0.1, 0.15) is 0 Å². The highest BCUT2D eigenvalue weighted by atomic mass is 16.1. The van der Waals surface area contributed by atoms with E-state index in [-0.39, 0.29) is 5.78 Å². The summed E-state index contributed by atoms with van der Waals surface area (Å²) in [5.74, 6) is 0.110. The summed E-state index contributed by atoms with van der Waals surface area (Å²) in [6, 6.07) is 3.86. The lowest BCUT2D eigenvalue weighted by molar-refractivity contribution is 0.101. The molecule has 0 radical (unpaired) electrons. The molecule has 0 saturated carbocycles. The third kappa shape index (κ3) is 2.21. The highest BCUT2D eigenvalue weighted by molar-refractivity contribution is 5.93. The lowest BCUT2D eigenvalue weighted by atomic mass is 10.2. The number of rotatable bonds is 4. The molecule has 0 atom stereocenters. The van der Waals surface area contributed by atoms with Crippen LogP contribution in [0.2, 0.25) is 0 Å². The number of carbonyl (C=O) groups excluding carboxylic acids is 1. The topological polar surface area (TPSA) is 39.8 Å². The Kier molecular flexibility index (Phi) is 2.90. The minimum atomic E-state index is 0.110. The van der Waals surface area contributed by atoms with Crippen LogP contribution in [-0.4, -0.2) is 20.1 Å². The van der Waals surface area contributed by atoms with E-state index < -0.39 is 0 Å². The molecule has 0 saturated heterocycles. The van der Waals surface area contributed by atoms with E-state index in [4.69, 9.17) is 0 Å². The summed E-state index contributed by atoms with van der Waals surface area (Å²) in [5, 5.41) is 4.12. The monoisotopic (exact) mass is 217 g/mol. The van der Waals surface area contributed by atoms with Crippen LogP contribution in [-0.2, 0) is 20.0 Å². The van der Waals surface area contributed by atoms with Crippen molar-refractivity contribution in [1.29, 1.82) is 0 Å². The van der Waals surface area contributed by atoms with Crippen LogP contribution in [0.25, 0.3) is 0 Å². The Balaban J connectivity index is 2.00. The minimum Gasteiger partial charge on any atom is -0.353 e. The van der Waals surface area contributed by atoms with Gasteiger partial charge < -0.3 is 4.57 Å². The van der Waals surface area contributed by atoms with Crippen molar-refractivity contribution in [2.75, 3.05) is 0 Å². The molecule has 0 spiro atoms. The molecule has 0 bridgehead atoms. The Labute approximate surface area is 94.5 Å². The van der Waals surface area contributed by atoms with E-state index in [1.54, 1.807) is 13.1 Å². The lowest BCUT2D eigenvalue weighted by Crippen LogP contribution is -2.04. The summed E-state index contributed by atoms with van der Waals surface area (Å²) in [6.07, 6.45) is 6.54. The molecule has 0 aliphatic carbocycles. The molecule has 0 unspecified atom stereocenters. The number of hydrogen-bond acceptors (Lipinski definition) is 2. The highest BCUT2D eigenvalue weighted by Gasteiger charge is 2.02. The first-order chi connectivity index (χ1) is 7.66. The van der Waals surface area contributed by atoms with Gasteiger partial charge in [-0.2, -0.15) is 5.10 Å². The zero-order chi connectivity index (χ0) is 11.5. The summed E-state index contributed by atoms with van der Waals surface area (Å²) in [6.45, 7) is 2.45. The zero-order valence-corrected chi connectivity index (χ0v) is 9.55. The second-order valence-electron chi connectivity index (χ2n) is 3.89. The molecule has 0 aliphatic heterocycles. The van der Waals surface area contributed by atoms with Crippen molar-refractivity contribution in [3.63, 3.8) is 0 Å². The fraction of sp³-hybridized carbons (Fsp3) is 0.333. The number of hydrogen-bond donors (Lipinski definition) is 0. The molecule has 4 heteroatoms. The Morgan fingerprint density at radius 1 is 1.44 bits per heavy atom. The third-order valence-electron chi connectivity index (χ3n) is 2.71. The maximum Gasteiger partial charge on any atom is 0.161 e. The molecule has 0 fully saturated rings. The predicted molar refractivity (Wildman–Crippen MR) is 61.3 cm³/mol. The molecule has 0 aliphatic rings. The average Bonchev–Trinajstić information content (AvgIpc) is 2.83. The maximum absolute atomic E-state index is 11.1. The Hall–Kier alpha value is -1.84. The van der Waals surface area contributed by atoms with Gasteiger partial charge in [0, 0.05) is 49.9 Å². The molecule has 0 amide bonds. The van der Waals surface area contributed by atoms with Gasteiger partial charge in [-0.1, -0.05) is 0 Å². The maximum atomic E-state index is 11.1. The normalized spacial score (nSPS) is 10.6. The fourth-order valence-corrected chi connectivity index (χ4v) is 1.68. The van der Waals surface area contributed by atoms with Crippen molar-refractivity contribution in [2.24, 2.45) is 7.05 Å². The van der Waals surface area contributed by atoms with E-state index in [1.807, 2.05) is 40.8 Å². The van der Waals surface area contributed by atoms with Gasteiger partial charge >= 0.3 is 0 Å². The van der Waals surface area contributed by atoms with E-state index in [2.05, 4.69) is 5.10 Å². The molecule has 0 aromatic carbocycles. The number of aryl methyl sites for hydroxylation is 3. The van der Waals surface area contributed by atoms with Crippen LogP contribution >= 0.6 is 0 Å². The largest absolute Gasteiger partial charge is 0.353 e. The van der Waals surface area contributed by atoms with E-state index in [0.29, 0.717) is 0 Å². The van der Waals surface area contributed by atoms with Gasteiger partial charge in [-0.05, 0) is 19.1 Å². The Morgan fingerprint density at radius 2 is 2.25 bits per heavy atom. The number of nitrogens with zero attached hydrogens (tertiary/aromatic N) is 3. The van der Waals surface area contributed by atoms with E-state index in [0.717, 1.165) is 18.5 Å². The molecule has 0 N–H and O–H groups in total. The first-order valence-electron chi connectivity index (χ1n) is 5.30. The van der Waals surface area contributed by atoms with Gasteiger partial charge in [0.05, 0.1) is 0 Å². The van der Waals surface area contributed by atoms with Crippen molar-refractivity contribution in [2.45, 2.75) is 19.9 Å². The molecular formula is C12H15N3O. The Bertz CT molecular complexity index is 496. The van der Waals surface area contributed by atoms with Crippen molar-refractivity contribution in [3.8, 4) is 0 Å². The van der Waals surface area contributed by atoms with Gasteiger partial charge in [0.25, 0.3) is 0 Å². The van der Waals surface area contributed by atoms with Gasteiger partial charge in [-0.25, -0.2) is 0 Å². The average molecular weight is 217 g/mol. The summed E-state index contributed by atoms with van der Waals surface area (Å²) in [5.41, 5.74) is 1.96. The molecule has 2 heterocycles. The van der Waals surface area contributed by atoms with Crippen LogP contribution in [0.15, 0.2) is 30.7 Å². The number of aromatic nitrogens is 3. The van der Waals surface area contributed by atoms with Crippen molar-refractivity contribution in [1.82, 2.24) is 14.3 Å². The number of ketones is 1. The van der Waals surface area contributed by atoms with E-state index >= 15 is 0 Å². The van der Waals surface area contributed by atoms with Gasteiger partial charge in [0.15, 0.2) is 5.78 Å². The third-order valence-corrected chi connectivity index (χ3v) is 2.71. The van der Waals surface area contributed by atoms with Gasteiger partial charge in [0.2, 0.25) is 0 Å². The quantitative estimate of drug-likeness (QED) is 0.731. The number of Topliss-reactive ketones (excluding diaryl/α,β-unsaturated/α-hetero) is 1. The van der Waals surface area contributed by atoms with Crippen LogP contribution in [0, 0.1) is 0 Å². The first-order valence-corrected chi connectivity index (χ1v) is 5.30. The van der Waals surface area contributed by atoms with E-state index in [9.17, 15) is 4.79 Å². The zero-order valence-electron chi connectivity index (χ0n) is 9.55. The molecule has 16 heavy (non-hydrogen) atoms. The molecule has 2 aromatic heterocycles. The molecule has 2 aromatic rings. The van der Waals surface area contributed by atoms with Crippen molar-refractivity contribution in [3.05, 3.63) is 42.0 Å². The molecule has 84 valence electrons. The van der Waals surface area contributed by atoms with Crippen LogP contribution in [0.3, 0.4) is 0 Å². The summed E-state index contributed by atoms with van der Waals surface area (Å²) in [7, 11) is 1.94. The van der Waals surface area contributed by atoms with Gasteiger partial charge in [-0.15, -0.1) is 0 Å². The van der Waals surface area contributed by atoms with Crippen LogP contribution in [0.1, 0.15) is 23.0 Å². The van der Waals surface area contributed by atoms with Crippen LogP contribution < -0.4 is 0 Å². The summed E-state index contributed by atoms with van der Waals surface area (Å²) >= 11 is 0. The number of carbonyl (C=O) groups is 1. The second-order valence-corrected chi connectivity index (χ2v) is 3.89. The first kappa shape index (κ1) is 10.7. The minimum absolute atomic E-state index is 0.110. The van der Waals surface area contributed by atoms with Gasteiger partial charge in [-0.3, -0.25) is 9.48 Å². The summed E-state index contributed by atoms with van der Waals surface area (Å²) in [4.78, 5) is 11.1. The smallest absolute Gasteiger partial charge is 0.161 e. The van der Waals surface area contributed by atoms with Crippen molar-refractivity contribution >= 4 is 5.78 Å². The molecule has 2 rings (SSSR count). The highest BCUT2D eigenvalue weighted by Crippen LogP contribution is 2.05. The Morgan fingerprint density at radius 3 is 2.81 bits per heavy atom. The second kappa shape index (κ2) is 4.35. The lowest BCUT2D eigenvalue weighted by Gasteiger charge is -2.03. The van der Waals surface area contributed by atoms with Crippen molar-refractivity contribution < 1.29 is 4.79 Å². The summed E-state index contributed by atoms with van der Waals surface area (Å²) < 4.78 is 3.90. The fourth-order valence-electron chi connectivity index (χ4n) is 1.68. The molecular weight excluding hydrogens is 202 g/mol. The predicted octanol–water partition coefficient (Wildman–Crippen LogP) is 1.67. The van der Waals surface area contributed by atoms with Crippen LogP contribution in [0.5, 0.6) is 0 Å². The SMILES string of the molecule is CC(=O)c1ccn(CCc2ccnn2C)c1. The van der Waals surface area contributed by atoms with Crippen LogP contribution in [0.4, 0.5) is 0 Å². The molecule has 4 nitrogen and oxygen atoms in total.